The van der Waals surface area contributed by atoms with Gasteiger partial charge in [-0.2, -0.15) is 0 Å². The molecule has 86 valence electrons. The lowest BCUT2D eigenvalue weighted by molar-refractivity contribution is 0.102. The Morgan fingerprint density at radius 3 is 2.82 bits per heavy atom. The van der Waals surface area contributed by atoms with Gasteiger partial charge in [0.25, 0.3) is 5.91 Å². The third kappa shape index (κ3) is 2.73. The van der Waals surface area contributed by atoms with Crippen molar-refractivity contribution < 1.29 is 9.18 Å². The normalized spacial score (nSPS) is 10.0. The van der Waals surface area contributed by atoms with Crippen LogP contribution in [-0.2, 0) is 0 Å². The fraction of sp³-hybridized carbons (Fsp3) is 0. The number of nitrogens with zero attached hydrogens (tertiary/aromatic N) is 3. The first-order valence-corrected chi connectivity index (χ1v) is 4.93. The summed E-state index contributed by atoms with van der Waals surface area (Å²) in [6.45, 7) is 0. The fourth-order valence-electron chi connectivity index (χ4n) is 1.15. The van der Waals surface area contributed by atoms with E-state index in [2.05, 4.69) is 20.3 Å². The van der Waals surface area contributed by atoms with Gasteiger partial charge < -0.3 is 5.32 Å². The van der Waals surface area contributed by atoms with Crippen molar-refractivity contribution in [3.8, 4) is 0 Å². The zero-order valence-corrected chi connectivity index (χ0v) is 9.15. The summed E-state index contributed by atoms with van der Waals surface area (Å²) in [7, 11) is 0. The van der Waals surface area contributed by atoms with E-state index in [1.165, 1.54) is 24.7 Å². The van der Waals surface area contributed by atoms with Crippen LogP contribution in [0, 0.1) is 5.82 Å². The van der Waals surface area contributed by atoms with Crippen LogP contribution in [0.4, 0.5) is 10.2 Å². The molecule has 0 spiro atoms. The Hall–Kier alpha value is -2.08. The number of halogens is 2. The van der Waals surface area contributed by atoms with Crippen LogP contribution in [0.5, 0.6) is 0 Å². The average molecular weight is 253 g/mol. The minimum Gasteiger partial charge on any atom is -0.305 e. The van der Waals surface area contributed by atoms with E-state index in [9.17, 15) is 9.18 Å². The van der Waals surface area contributed by atoms with Gasteiger partial charge in [0.2, 0.25) is 0 Å². The SMILES string of the molecule is O=C(Nc1cncc(Cl)n1)c1ccncc1F. The van der Waals surface area contributed by atoms with Crippen LogP contribution in [0.25, 0.3) is 0 Å². The number of hydrogen-bond acceptors (Lipinski definition) is 4. The molecule has 7 heteroatoms. The molecule has 0 atom stereocenters. The molecule has 0 saturated heterocycles. The van der Waals surface area contributed by atoms with Gasteiger partial charge in [0.05, 0.1) is 24.2 Å². The van der Waals surface area contributed by atoms with Gasteiger partial charge in [0.1, 0.15) is 5.15 Å². The summed E-state index contributed by atoms with van der Waals surface area (Å²) in [6.07, 6.45) is 4.91. The van der Waals surface area contributed by atoms with Crippen molar-refractivity contribution in [1.82, 2.24) is 15.0 Å². The Labute approximate surface area is 101 Å². The largest absolute Gasteiger partial charge is 0.305 e. The maximum absolute atomic E-state index is 13.2. The predicted molar refractivity (Wildman–Crippen MR) is 59.2 cm³/mol. The molecule has 0 aliphatic rings. The number of rotatable bonds is 2. The van der Waals surface area contributed by atoms with Crippen molar-refractivity contribution in [2.75, 3.05) is 5.32 Å². The van der Waals surface area contributed by atoms with Crippen molar-refractivity contribution in [2.45, 2.75) is 0 Å². The van der Waals surface area contributed by atoms with Gasteiger partial charge in [0.15, 0.2) is 11.6 Å². The van der Waals surface area contributed by atoms with E-state index in [4.69, 9.17) is 11.6 Å². The highest BCUT2D eigenvalue weighted by Crippen LogP contribution is 2.10. The zero-order valence-electron chi connectivity index (χ0n) is 8.39. The van der Waals surface area contributed by atoms with Crippen molar-refractivity contribution in [3.63, 3.8) is 0 Å². The van der Waals surface area contributed by atoms with E-state index in [1.807, 2.05) is 0 Å². The Kier molecular flexibility index (Phi) is 3.24. The van der Waals surface area contributed by atoms with E-state index in [1.54, 1.807) is 0 Å². The first-order chi connectivity index (χ1) is 8.16. The molecule has 2 heterocycles. The molecule has 0 unspecified atom stereocenters. The van der Waals surface area contributed by atoms with Crippen molar-refractivity contribution in [2.24, 2.45) is 0 Å². The lowest BCUT2D eigenvalue weighted by atomic mass is 10.2. The number of carbonyl (C=O) groups excluding carboxylic acids is 1. The van der Waals surface area contributed by atoms with Crippen molar-refractivity contribution in [1.29, 1.82) is 0 Å². The van der Waals surface area contributed by atoms with Gasteiger partial charge in [-0.25, -0.2) is 9.37 Å². The second-order valence-corrected chi connectivity index (χ2v) is 3.42. The van der Waals surface area contributed by atoms with Crippen molar-refractivity contribution in [3.05, 3.63) is 47.4 Å². The number of amides is 1. The lowest BCUT2D eigenvalue weighted by Crippen LogP contribution is -2.15. The lowest BCUT2D eigenvalue weighted by Gasteiger charge is -2.04. The topological polar surface area (TPSA) is 67.8 Å². The predicted octanol–water partition coefficient (Wildman–Crippen LogP) is 1.92. The molecule has 0 aliphatic heterocycles. The number of pyridine rings is 1. The highest BCUT2D eigenvalue weighted by atomic mass is 35.5. The second-order valence-electron chi connectivity index (χ2n) is 3.04. The number of carbonyl (C=O) groups is 1. The van der Waals surface area contributed by atoms with Crippen LogP contribution in [-0.4, -0.2) is 20.9 Å². The summed E-state index contributed by atoms with van der Waals surface area (Å²) >= 11 is 5.60. The second kappa shape index (κ2) is 4.84. The Bertz CT molecular complexity index is 564. The molecule has 2 rings (SSSR count). The zero-order chi connectivity index (χ0) is 12.3. The van der Waals surface area contributed by atoms with Gasteiger partial charge in [-0.3, -0.25) is 14.8 Å². The van der Waals surface area contributed by atoms with Gasteiger partial charge in [-0.05, 0) is 6.07 Å². The molecular formula is C10H6ClFN4O. The van der Waals surface area contributed by atoms with Gasteiger partial charge >= 0.3 is 0 Å². The molecule has 1 amide bonds. The third-order valence-electron chi connectivity index (χ3n) is 1.86. The average Bonchev–Trinajstić information content (AvgIpc) is 2.29. The Balaban J connectivity index is 2.20. The number of aromatic nitrogens is 3. The molecule has 0 saturated carbocycles. The highest BCUT2D eigenvalue weighted by molar-refractivity contribution is 6.29. The molecule has 0 bridgehead atoms. The first kappa shape index (κ1) is 11.4. The standard InChI is InChI=1S/C10H6ClFN4O/c11-8-4-14-5-9(15-8)16-10(17)6-1-2-13-3-7(6)12/h1-5H,(H,15,16,17). The minimum absolute atomic E-state index is 0.123. The van der Waals surface area contributed by atoms with Gasteiger partial charge in [-0.15, -0.1) is 0 Å². The molecule has 0 aliphatic carbocycles. The minimum atomic E-state index is -0.708. The van der Waals surface area contributed by atoms with Crippen LogP contribution in [0.1, 0.15) is 10.4 Å². The Morgan fingerprint density at radius 1 is 1.29 bits per heavy atom. The number of nitrogens with one attached hydrogen (secondary N) is 1. The molecule has 5 nitrogen and oxygen atoms in total. The summed E-state index contributed by atoms with van der Waals surface area (Å²) in [5, 5.41) is 2.51. The van der Waals surface area contributed by atoms with E-state index in [-0.39, 0.29) is 16.5 Å². The molecule has 17 heavy (non-hydrogen) atoms. The number of hydrogen-bond donors (Lipinski definition) is 1. The summed E-state index contributed by atoms with van der Waals surface area (Å²) in [5.41, 5.74) is -0.123. The number of anilines is 1. The van der Waals surface area contributed by atoms with E-state index in [0.717, 1.165) is 6.20 Å². The van der Waals surface area contributed by atoms with Gasteiger partial charge in [0, 0.05) is 6.20 Å². The fourth-order valence-corrected chi connectivity index (χ4v) is 1.29. The van der Waals surface area contributed by atoms with Crippen LogP contribution in [0.2, 0.25) is 5.15 Å². The smallest absolute Gasteiger partial charge is 0.259 e. The first-order valence-electron chi connectivity index (χ1n) is 4.55. The molecule has 0 fully saturated rings. The van der Waals surface area contributed by atoms with E-state index >= 15 is 0 Å². The maximum Gasteiger partial charge on any atom is 0.259 e. The summed E-state index contributed by atoms with van der Waals surface area (Å²) < 4.78 is 13.2. The summed E-state index contributed by atoms with van der Waals surface area (Å²) in [4.78, 5) is 22.7. The molecule has 2 aromatic heterocycles. The molecule has 2 aromatic rings. The third-order valence-corrected chi connectivity index (χ3v) is 2.05. The van der Waals surface area contributed by atoms with E-state index < -0.39 is 11.7 Å². The van der Waals surface area contributed by atoms with Crippen LogP contribution >= 0.6 is 11.6 Å². The monoisotopic (exact) mass is 252 g/mol. The van der Waals surface area contributed by atoms with Crippen LogP contribution in [0.3, 0.4) is 0 Å². The van der Waals surface area contributed by atoms with Gasteiger partial charge in [-0.1, -0.05) is 11.6 Å². The summed E-state index contributed by atoms with van der Waals surface area (Å²) in [6, 6.07) is 1.27. The molecular weight excluding hydrogens is 247 g/mol. The van der Waals surface area contributed by atoms with Crippen LogP contribution < -0.4 is 5.32 Å². The Morgan fingerprint density at radius 2 is 2.12 bits per heavy atom. The highest BCUT2D eigenvalue weighted by Gasteiger charge is 2.12. The molecule has 1 N–H and O–H groups in total. The van der Waals surface area contributed by atoms with E-state index in [0.29, 0.717) is 0 Å². The molecule has 0 aromatic carbocycles. The maximum atomic E-state index is 13.2. The van der Waals surface area contributed by atoms with Crippen molar-refractivity contribution >= 4 is 23.3 Å². The van der Waals surface area contributed by atoms with Crippen LogP contribution in [0.15, 0.2) is 30.9 Å². The summed E-state index contributed by atoms with van der Waals surface area (Å²) in [5.74, 6) is -1.19. The molecule has 0 radical (unpaired) electrons. The quantitative estimate of drug-likeness (QED) is 0.887.